The van der Waals surface area contributed by atoms with Crippen LogP contribution < -0.4 is 25.4 Å². The lowest BCUT2D eigenvalue weighted by atomic mass is 10.1. The first kappa shape index (κ1) is 17.9. The molecule has 0 aromatic heterocycles. The first-order chi connectivity index (χ1) is 11.7. The molecule has 2 rings (SSSR count). The number of hydrogen-bond donors (Lipinski definition) is 3. The van der Waals surface area contributed by atoms with E-state index in [0.29, 0.717) is 25.7 Å². The summed E-state index contributed by atoms with van der Waals surface area (Å²) in [7, 11) is 3.26. The minimum absolute atomic E-state index is 0.106. The first-order valence-electron chi connectivity index (χ1n) is 7.81. The van der Waals surface area contributed by atoms with Crippen molar-refractivity contribution in [1.29, 1.82) is 0 Å². The maximum Gasteiger partial charge on any atom is 0.239 e. The van der Waals surface area contributed by atoms with Crippen LogP contribution in [0.2, 0.25) is 0 Å². The maximum atomic E-state index is 11.6. The minimum atomic E-state index is -0.106. The van der Waals surface area contributed by atoms with Crippen LogP contribution in [0, 0.1) is 0 Å². The van der Waals surface area contributed by atoms with Crippen LogP contribution in [0.5, 0.6) is 11.5 Å². The van der Waals surface area contributed by atoms with Gasteiger partial charge in [0.2, 0.25) is 12.7 Å². The molecule has 24 heavy (non-hydrogen) atoms. The van der Waals surface area contributed by atoms with E-state index >= 15 is 0 Å². The SMILES string of the molecule is CN=C(NCCc1ccc2c(c1)OCO2)NCC(=O)NCCOC. The molecule has 0 bridgehead atoms. The van der Waals surface area contributed by atoms with Crippen LogP contribution in [-0.2, 0) is 16.0 Å². The van der Waals surface area contributed by atoms with E-state index in [-0.39, 0.29) is 19.2 Å². The summed E-state index contributed by atoms with van der Waals surface area (Å²) in [6.45, 7) is 2.11. The van der Waals surface area contributed by atoms with Crippen molar-refractivity contribution in [1.82, 2.24) is 16.0 Å². The molecule has 0 spiro atoms. The van der Waals surface area contributed by atoms with Gasteiger partial charge in [-0.2, -0.15) is 0 Å². The van der Waals surface area contributed by atoms with Crippen molar-refractivity contribution in [3.63, 3.8) is 0 Å². The van der Waals surface area contributed by atoms with Gasteiger partial charge in [-0.15, -0.1) is 0 Å². The molecule has 1 heterocycles. The summed E-state index contributed by atoms with van der Waals surface area (Å²) in [5.41, 5.74) is 1.14. The summed E-state index contributed by atoms with van der Waals surface area (Å²) in [5, 5.41) is 8.87. The zero-order chi connectivity index (χ0) is 17.2. The number of hydrogen-bond acceptors (Lipinski definition) is 5. The molecule has 1 aliphatic heterocycles. The third-order valence-corrected chi connectivity index (χ3v) is 3.41. The van der Waals surface area contributed by atoms with E-state index in [1.807, 2.05) is 18.2 Å². The van der Waals surface area contributed by atoms with Gasteiger partial charge in [-0.1, -0.05) is 6.07 Å². The summed E-state index contributed by atoms with van der Waals surface area (Å²) in [6, 6.07) is 5.90. The van der Waals surface area contributed by atoms with E-state index in [2.05, 4.69) is 20.9 Å². The number of nitrogens with one attached hydrogen (secondary N) is 3. The van der Waals surface area contributed by atoms with Gasteiger partial charge in [-0.3, -0.25) is 9.79 Å². The topological polar surface area (TPSA) is 93.2 Å². The van der Waals surface area contributed by atoms with Crippen molar-refractivity contribution in [3.05, 3.63) is 23.8 Å². The third-order valence-electron chi connectivity index (χ3n) is 3.41. The lowest BCUT2D eigenvalue weighted by Gasteiger charge is -2.12. The smallest absolute Gasteiger partial charge is 0.239 e. The van der Waals surface area contributed by atoms with E-state index < -0.39 is 0 Å². The number of carbonyl (C=O) groups is 1. The Bertz CT molecular complexity index is 577. The Hall–Kier alpha value is -2.48. The molecule has 0 fully saturated rings. The molecule has 0 unspecified atom stereocenters. The molecule has 3 N–H and O–H groups in total. The second kappa shape index (κ2) is 9.61. The molecular weight excluding hydrogens is 312 g/mol. The Morgan fingerprint density at radius 1 is 1.21 bits per heavy atom. The summed E-state index contributed by atoms with van der Waals surface area (Å²) in [6.07, 6.45) is 0.803. The summed E-state index contributed by atoms with van der Waals surface area (Å²) in [5.74, 6) is 2.04. The molecule has 1 amide bonds. The summed E-state index contributed by atoms with van der Waals surface area (Å²) >= 11 is 0. The quantitative estimate of drug-likeness (QED) is 0.348. The number of amides is 1. The summed E-state index contributed by atoms with van der Waals surface area (Å²) in [4.78, 5) is 15.7. The van der Waals surface area contributed by atoms with Crippen molar-refractivity contribution >= 4 is 11.9 Å². The Kier molecular flexibility index (Phi) is 7.16. The molecule has 0 atom stereocenters. The van der Waals surface area contributed by atoms with Crippen LogP contribution in [0.4, 0.5) is 0 Å². The second-order valence-electron chi connectivity index (χ2n) is 5.13. The predicted molar refractivity (Wildman–Crippen MR) is 90.5 cm³/mol. The molecule has 0 saturated carbocycles. The highest BCUT2D eigenvalue weighted by atomic mass is 16.7. The van der Waals surface area contributed by atoms with Gasteiger partial charge in [0.25, 0.3) is 0 Å². The maximum absolute atomic E-state index is 11.6. The second-order valence-corrected chi connectivity index (χ2v) is 5.13. The van der Waals surface area contributed by atoms with E-state index in [1.54, 1.807) is 14.2 Å². The number of benzene rings is 1. The normalized spacial score (nSPS) is 12.8. The van der Waals surface area contributed by atoms with Gasteiger partial charge < -0.3 is 30.2 Å². The van der Waals surface area contributed by atoms with Crippen LogP contribution in [0.1, 0.15) is 5.56 Å². The number of guanidine groups is 1. The number of methoxy groups -OCH3 is 1. The highest BCUT2D eigenvalue weighted by Crippen LogP contribution is 2.32. The Labute approximate surface area is 141 Å². The Balaban J connectivity index is 1.67. The van der Waals surface area contributed by atoms with Gasteiger partial charge in [0.15, 0.2) is 17.5 Å². The Morgan fingerprint density at radius 2 is 2.04 bits per heavy atom. The summed E-state index contributed by atoms with van der Waals surface area (Å²) < 4.78 is 15.5. The molecular formula is C16H24N4O4. The van der Waals surface area contributed by atoms with Gasteiger partial charge in [0.1, 0.15) is 0 Å². The number of rotatable bonds is 8. The lowest BCUT2D eigenvalue weighted by Crippen LogP contribution is -2.44. The number of carbonyl (C=O) groups excluding carboxylic acids is 1. The van der Waals surface area contributed by atoms with Crippen molar-refractivity contribution in [3.8, 4) is 11.5 Å². The third kappa shape index (κ3) is 5.62. The standard InChI is InChI=1S/C16H24N4O4/c1-17-16(20-10-15(21)18-7-8-22-2)19-6-5-12-3-4-13-14(9-12)24-11-23-13/h3-4,9H,5-8,10-11H2,1-2H3,(H,18,21)(H2,17,19,20). The molecule has 0 aliphatic carbocycles. The first-order valence-corrected chi connectivity index (χ1v) is 7.81. The van der Waals surface area contributed by atoms with E-state index in [9.17, 15) is 4.79 Å². The molecule has 132 valence electrons. The fraction of sp³-hybridized carbons (Fsp3) is 0.500. The van der Waals surface area contributed by atoms with Crippen LogP contribution in [-0.4, -0.2) is 59.1 Å². The van der Waals surface area contributed by atoms with E-state index in [1.165, 1.54) is 0 Å². The van der Waals surface area contributed by atoms with Gasteiger partial charge in [-0.05, 0) is 24.1 Å². The molecule has 8 nitrogen and oxygen atoms in total. The van der Waals surface area contributed by atoms with Crippen molar-refractivity contribution in [2.45, 2.75) is 6.42 Å². The molecule has 0 saturated heterocycles. The van der Waals surface area contributed by atoms with Crippen molar-refractivity contribution in [2.75, 3.05) is 47.2 Å². The van der Waals surface area contributed by atoms with Crippen LogP contribution >= 0.6 is 0 Å². The molecule has 1 aromatic rings. The van der Waals surface area contributed by atoms with Crippen molar-refractivity contribution < 1.29 is 19.0 Å². The zero-order valence-corrected chi connectivity index (χ0v) is 14.1. The van der Waals surface area contributed by atoms with Crippen LogP contribution in [0.3, 0.4) is 0 Å². The van der Waals surface area contributed by atoms with Gasteiger partial charge in [0.05, 0.1) is 13.2 Å². The highest BCUT2D eigenvalue weighted by Gasteiger charge is 2.13. The molecule has 1 aromatic carbocycles. The lowest BCUT2D eigenvalue weighted by molar-refractivity contribution is -0.120. The zero-order valence-electron chi connectivity index (χ0n) is 14.1. The van der Waals surface area contributed by atoms with Crippen LogP contribution in [0.15, 0.2) is 23.2 Å². The van der Waals surface area contributed by atoms with Crippen LogP contribution in [0.25, 0.3) is 0 Å². The minimum Gasteiger partial charge on any atom is -0.454 e. The van der Waals surface area contributed by atoms with E-state index in [4.69, 9.17) is 14.2 Å². The monoisotopic (exact) mass is 336 g/mol. The van der Waals surface area contributed by atoms with Gasteiger partial charge >= 0.3 is 0 Å². The van der Waals surface area contributed by atoms with Gasteiger partial charge in [-0.25, -0.2) is 0 Å². The average Bonchev–Trinajstić information content (AvgIpc) is 3.06. The largest absolute Gasteiger partial charge is 0.454 e. The number of fused-ring (bicyclic) bond motifs is 1. The van der Waals surface area contributed by atoms with E-state index in [0.717, 1.165) is 23.5 Å². The molecule has 1 aliphatic rings. The Morgan fingerprint density at radius 3 is 2.83 bits per heavy atom. The fourth-order valence-corrected chi connectivity index (χ4v) is 2.16. The number of nitrogens with zero attached hydrogens (tertiary/aromatic N) is 1. The van der Waals surface area contributed by atoms with Crippen molar-refractivity contribution in [2.24, 2.45) is 4.99 Å². The molecule has 0 radical (unpaired) electrons. The highest BCUT2D eigenvalue weighted by molar-refractivity contribution is 5.86. The molecule has 8 heteroatoms. The fourth-order valence-electron chi connectivity index (χ4n) is 2.16. The number of ether oxygens (including phenoxy) is 3. The predicted octanol–water partition coefficient (Wildman–Crippen LogP) is -0.115. The average molecular weight is 336 g/mol. The number of aliphatic imine (C=N–C) groups is 1. The van der Waals surface area contributed by atoms with Gasteiger partial charge in [0, 0.05) is 27.2 Å².